The van der Waals surface area contributed by atoms with E-state index in [1.165, 1.54) is 6.42 Å². The van der Waals surface area contributed by atoms with Gasteiger partial charge in [0.25, 0.3) is 0 Å². The topological polar surface area (TPSA) is 41.1 Å². The van der Waals surface area contributed by atoms with Crippen molar-refractivity contribution >= 4 is 5.91 Å². The van der Waals surface area contributed by atoms with E-state index in [0.717, 1.165) is 31.1 Å². The summed E-state index contributed by atoms with van der Waals surface area (Å²) < 4.78 is 0. The van der Waals surface area contributed by atoms with Gasteiger partial charge in [0, 0.05) is 12.1 Å². The summed E-state index contributed by atoms with van der Waals surface area (Å²) in [5, 5.41) is 6.39. The molecular weight excluding hydrogens is 212 g/mol. The Kier molecular flexibility index (Phi) is 5.96. The molecule has 0 spiro atoms. The van der Waals surface area contributed by atoms with E-state index in [-0.39, 0.29) is 5.91 Å². The van der Waals surface area contributed by atoms with Crippen molar-refractivity contribution in [3.63, 3.8) is 0 Å². The molecular formula is C14H28N2O. The van der Waals surface area contributed by atoms with Crippen LogP contribution in [0.4, 0.5) is 0 Å². The largest absolute Gasteiger partial charge is 0.352 e. The minimum absolute atomic E-state index is 0.150. The zero-order valence-electron chi connectivity index (χ0n) is 11.8. The van der Waals surface area contributed by atoms with E-state index < -0.39 is 0 Å². The maximum Gasteiger partial charge on any atom is 0.234 e. The standard InChI is InChI=1S/C14H28N2O/c1-5-12(4)15-9-14(17)16-13-7-10(2)6-11(3)8-13/h10-13,15H,5-9H2,1-4H3,(H,16,17). The van der Waals surface area contributed by atoms with E-state index in [1.807, 2.05) is 0 Å². The lowest BCUT2D eigenvalue weighted by atomic mass is 9.80. The van der Waals surface area contributed by atoms with E-state index >= 15 is 0 Å². The van der Waals surface area contributed by atoms with Crippen molar-refractivity contribution in [2.75, 3.05) is 6.54 Å². The van der Waals surface area contributed by atoms with Gasteiger partial charge in [-0.15, -0.1) is 0 Å². The van der Waals surface area contributed by atoms with Crippen LogP contribution in [0.5, 0.6) is 0 Å². The summed E-state index contributed by atoms with van der Waals surface area (Å²) in [5.41, 5.74) is 0. The van der Waals surface area contributed by atoms with Crippen molar-refractivity contribution in [1.82, 2.24) is 10.6 Å². The predicted molar refractivity (Wildman–Crippen MR) is 71.9 cm³/mol. The van der Waals surface area contributed by atoms with Crippen molar-refractivity contribution in [1.29, 1.82) is 0 Å². The fourth-order valence-corrected chi connectivity index (χ4v) is 2.75. The van der Waals surface area contributed by atoms with Gasteiger partial charge in [-0.3, -0.25) is 4.79 Å². The minimum atomic E-state index is 0.150. The normalized spacial score (nSPS) is 30.9. The Labute approximate surface area is 106 Å². The smallest absolute Gasteiger partial charge is 0.234 e. The Morgan fingerprint density at radius 1 is 1.24 bits per heavy atom. The average Bonchev–Trinajstić information content (AvgIpc) is 2.24. The molecule has 0 aromatic heterocycles. The SMILES string of the molecule is CCC(C)NCC(=O)NC1CC(C)CC(C)C1. The fourth-order valence-electron chi connectivity index (χ4n) is 2.75. The average molecular weight is 240 g/mol. The molecule has 3 nitrogen and oxygen atoms in total. The summed E-state index contributed by atoms with van der Waals surface area (Å²) in [6.07, 6.45) is 4.64. The lowest BCUT2D eigenvalue weighted by molar-refractivity contribution is -0.121. The second kappa shape index (κ2) is 7.00. The molecule has 3 unspecified atom stereocenters. The molecule has 1 aliphatic carbocycles. The first-order valence-electron chi connectivity index (χ1n) is 7.04. The number of hydrogen-bond acceptors (Lipinski definition) is 2. The number of amides is 1. The molecule has 0 radical (unpaired) electrons. The van der Waals surface area contributed by atoms with Crippen LogP contribution in [0.2, 0.25) is 0 Å². The van der Waals surface area contributed by atoms with Gasteiger partial charge in [-0.1, -0.05) is 20.8 Å². The first-order chi connectivity index (χ1) is 8.01. The van der Waals surface area contributed by atoms with Crippen LogP contribution < -0.4 is 10.6 Å². The highest BCUT2D eigenvalue weighted by Gasteiger charge is 2.24. The van der Waals surface area contributed by atoms with Gasteiger partial charge in [0.1, 0.15) is 0 Å². The lowest BCUT2D eigenvalue weighted by Crippen LogP contribution is -2.45. The number of nitrogens with one attached hydrogen (secondary N) is 2. The van der Waals surface area contributed by atoms with Crippen molar-refractivity contribution in [2.24, 2.45) is 11.8 Å². The molecule has 1 amide bonds. The fraction of sp³-hybridized carbons (Fsp3) is 0.929. The van der Waals surface area contributed by atoms with Crippen molar-refractivity contribution in [3.8, 4) is 0 Å². The molecule has 3 atom stereocenters. The van der Waals surface area contributed by atoms with Gasteiger partial charge in [0.05, 0.1) is 6.54 Å². The van der Waals surface area contributed by atoms with Crippen LogP contribution in [0, 0.1) is 11.8 Å². The third kappa shape index (κ3) is 5.53. The molecule has 1 aliphatic rings. The molecule has 0 heterocycles. The van der Waals surface area contributed by atoms with Gasteiger partial charge in [-0.2, -0.15) is 0 Å². The van der Waals surface area contributed by atoms with Crippen molar-refractivity contribution in [2.45, 2.75) is 65.5 Å². The molecule has 100 valence electrons. The second-order valence-electron chi connectivity index (χ2n) is 5.87. The maximum absolute atomic E-state index is 11.8. The van der Waals surface area contributed by atoms with Crippen LogP contribution in [0.3, 0.4) is 0 Å². The summed E-state index contributed by atoms with van der Waals surface area (Å²) in [5.74, 6) is 1.63. The van der Waals surface area contributed by atoms with Gasteiger partial charge >= 0.3 is 0 Å². The molecule has 0 saturated heterocycles. The number of rotatable bonds is 5. The van der Waals surface area contributed by atoms with Crippen LogP contribution >= 0.6 is 0 Å². The molecule has 0 aliphatic heterocycles. The van der Waals surface area contributed by atoms with Crippen LogP contribution in [-0.2, 0) is 4.79 Å². The molecule has 0 aromatic rings. The predicted octanol–water partition coefficient (Wildman–Crippen LogP) is 2.32. The van der Waals surface area contributed by atoms with Crippen LogP contribution in [0.15, 0.2) is 0 Å². The van der Waals surface area contributed by atoms with Gasteiger partial charge in [0.2, 0.25) is 5.91 Å². The zero-order chi connectivity index (χ0) is 12.8. The summed E-state index contributed by atoms with van der Waals surface area (Å²) in [7, 11) is 0. The third-order valence-corrected chi connectivity index (χ3v) is 3.77. The van der Waals surface area contributed by atoms with E-state index in [9.17, 15) is 4.79 Å². The summed E-state index contributed by atoms with van der Waals surface area (Å²) in [6.45, 7) is 9.25. The second-order valence-corrected chi connectivity index (χ2v) is 5.87. The van der Waals surface area contributed by atoms with Crippen molar-refractivity contribution < 1.29 is 4.79 Å². The minimum Gasteiger partial charge on any atom is -0.352 e. The Hall–Kier alpha value is -0.570. The Bertz CT molecular complexity index is 232. The van der Waals surface area contributed by atoms with Gasteiger partial charge < -0.3 is 10.6 Å². The Morgan fingerprint density at radius 2 is 1.82 bits per heavy atom. The molecule has 1 saturated carbocycles. The van der Waals surface area contributed by atoms with E-state index in [2.05, 4.69) is 38.3 Å². The zero-order valence-corrected chi connectivity index (χ0v) is 11.8. The van der Waals surface area contributed by atoms with E-state index in [4.69, 9.17) is 0 Å². The maximum atomic E-state index is 11.8. The lowest BCUT2D eigenvalue weighted by Gasteiger charge is -2.32. The Morgan fingerprint density at radius 3 is 2.35 bits per heavy atom. The summed E-state index contributed by atoms with van der Waals surface area (Å²) in [4.78, 5) is 11.8. The summed E-state index contributed by atoms with van der Waals surface area (Å²) >= 11 is 0. The first kappa shape index (κ1) is 14.5. The molecule has 3 heteroatoms. The van der Waals surface area contributed by atoms with Crippen molar-refractivity contribution in [3.05, 3.63) is 0 Å². The molecule has 0 bridgehead atoms. The van der Waals surface area contributed by atoms with Gasteiger partial charge in [0.15, 0.2) is 0 Å². The molecule has 1 rings (SSSR count). The van der Waals surface area contributed by atoms with Gasteiger partial charge in [-0.25, -0.2) is 0 Å². The van der Waals surface area contributed by atoms with E-state index in [1.54, 1.807) is 0 Å². The molecule has 1 fully saturated rings. The Balaban J connectivity index is 2.25. The van der Waals surface area contributed by atoms with Crippen LogP contribution in [0.25, 0.3) is 0 Å². The van der Waals surface area contributed by atoms with Crippen LogP contribution in [0.1, 0.15) is 53.4 Å². The quantitative estimate of drug-likeness (QED) is 0.774. The number of carbonyl (C=O) groups is 1. The first-order valence-corrected chi connectivity index (χ1v) is 7.04. The molecule has 0 aromatic carbocycles. The van der Waals surface area contributed by atoms with E-state index in [0.29, 0.717) is 18.6 Å². The molecule has 17 heavy (non-hydrogen) atoms. The monoisotopic (exact) mass is 240 g/mol. The van der Waals surface area contributed by atoms with Crippen LogP contribution in [-0.4, -0.2) is 24.5 Å². The highest BCUT2D eigenvalue weighted by molar-refractivity contribution is 5.78. The highest BCUT2D eigenvalue weighted by atomic mass is 16.1. The summed E-state index contributed by atoms with van der Waals surface area (Å²) in [6, 6.07) is 0.810. The van der Waals surface area contributed by atoms with Gasteiger partial charge in [-0.05, 0) is 44.4 Å². The number of carbonyl (C=O) groups excluding carboxylic acids is 1. The highest BCUT2D eigenvalue weighted by Crippen LogP contribution is 2.28. The number of hydrogen-bond donors (Lipinski definition) is 2. The molecule has 2 N–H and O–H groups in total. The third-order valence-electron chi connectivity index (χ3n) is 3.77.